The van der Waals surface area contributed by atoms with Crippen molar-refractivity contribution in [1.82, 2.24) is 4.98 Å². The molecule has 10 heteroatoms. The molecule has 2 aromatic rings. The van der Waals surface area contributed by atoms with Gasteiger partial charge in [0.2, 0.25) is 0 Å². The van der Waals surface area contributed by atoms with Gasteiger partial charge in [0.15, 0.2) is 5.60 Å². The second kappa shape index (κ2) is 7.79. The number of nitrogens with zero attached hydrogens (tertiary/aromatic N) is 3. The number of hydrogen-bond acceptors (Lipinski definition) is 3. The number of pyridine rings is 1. The van der Waals surface area contributed by atoms with Crippen molar-refractivity contribution in [2.75, 3.05) is 6.54 Å². The summed E-state index contributed by atoms with van der Waals surface area (Å²) in [5.74, 6) is -6.45. The van der Waals surface area contributed by atoms with Crippen LogP contribution < -0.4 is 5.73 Å². The predicted octanol–water partition coefficient (Wildman–Crippen LogP) is 3.01. The number of aliphatic imine (C=N–C) groups is 2. The van der Waals surface area contributed by atoms with Crippen molar-refractivity contribution in [3.05, 3.63) is 64.4 Å². The summed E-state index contributed by atoms with van der Waals surface area (Å²) in [7, 11) is 0. The first-order valence-corrected chi connectivity index (χ1v) is 7.49. The molecule has 0 aliphatic heterocycles. The Labute approximate surface area is 150 Å². The van der Waals surface area contributed by atoms with E-state index in [4.69, 9.17) is 17.3 Å². The molecule has 1 unspecified atom stereocenters. The van der Waals surface area contributed by atoms with E-state index in [1.54, 1.807) is 0 Å². The minimum atomic E-state index is -4.10. The summed E-state index contributed by atoms with van der Waals surface area (Å²) in [5.41, 5.74) is 0.107. The Bertz CT molecular complexity index is 829. The van der Waals surface area contributed by atoms with E-state index < -0.39 is 41.0 Å². The largest absolute Gasteiger partial charge is 0.390 e. The van der Waals surface area contributed by atoms with Gasteiger partial charge in [0.05, 0.1) is 17.9 Å². The Morgan fingerprint density at radius 3 is 2.54 bits per heavy atom. The minimum absolute atomic E-state index is 0.0938. The Kier molecular flexibility index (Phi) is 5.94. The maximum atomic E-state index is 15.1. The number of aliphatic hydroxyl groups is 1. The van der Waals surface area contributed by atoms with Crippen molar-refractivity contribution in [2.24, 2.45) is 15.7 Å². The molecule has 0 aliphatic rings. The van der Waals surface area contributed by atoms with E-state index in [0.29, 0.717) is 6.07 Å². The lowest BCUT2D eigenvalue weighted by Crippen LogP contribution is -2.47. The van der Waals surface area contributed by atoms with E-state index in [0.717, 1.165) is 43.1 Å². The summed E-state index contributed by atoms with van der Waals surface area (Å²) in [6.07, 6.45) is 2.62. The van der Waals surface area contributed by atoms with Crippen LogP contribution in [0, 0.1) is 11.6 Å². The standard InChI is InChI=1S/C16H13ClF4N4O/c17-10-1-4-14(25-6-10)16(20,21)15(26,7-23-9-24-8-22)12-3-2-11(18)5-13(12)19/h1-6,8-9,26H,7H2,(H2,22,23,24). The third kappa shape index (κ3) is 3.83. The molecule has 3 N–H and O–H groups in total. The molecule has 0 aliphatic carbocycles. The zero-order valence-electron chi connectivity index (χ0n) is 13.1. The van der Waals surface area contributed by atoms with E-state index in [-0.39, 0.29) is 5.02 Å². The maximum Gasteiger partial charge on any atom is 0.323 e. The Hall–Kier alpha value is -2.52. The molecule has 0 amide bonds. The lowest BCUT2D eigenvalue weighted by atomic mass is 9.84. The van der Waals surface area contributed by atoms with Gasteiger partial charge in [-0.25, -0.2) is 13.8 Å². The number of nitrogens with two attached hydrogens (primary N) is 1. The number of rotatable bonds is 6. The molecular weight excluding hydrogens is 376 g/mol. The first-order valence-electron chi connectivity index (χ1n) is 7.12. The van der Waals surface area contributed by atoms with Gasteiger partial charge in [-0.3, -0.25) is 9.98 Å². The average Bonchev–Trinajstić information content (AvgIpc) is 2.58. The molecule has 138 valence electrons. The monoisotopic (exact) mass is 388 g/mol. The van der Waals surface area contributed by atoms with Gasteiger partial charge in [-0.05, 0) is 24.3 Å². The van der Waals surface area contributed by atoms with Crippen molar-refractivity contribution in [3.63, 3.8) is 0 Å². The molecule has 0 bridgehead atoms. The quantitative estimate of drug-likeness (QED) is 0.453. The van der Waals surface area contributed by atoms with Crippen LogP contribution in [0.4, 0.5) is 17.6 Å². The lowest BCUT2D eigenvalue weighted by molar-refractivity contribution is -0.193. The number of halogens is 5. The molecule has 1 aromatic heterocycles. The second-order valence-electron chi connectivity index (χ2n) is 5.17. The average molecular weight is 389 g/mol. The van der Waals surface area contributed by atoms with Crippen molar-refractivity contribution < 1.29 is 22.7 Å². The number of benzene rings is 1. The van der Waals surface area contributed by atoms with Gasteiger partial charge >= 0.3 is 5.92 Å². The summed E-state index contributed by atoms with van der Waals surface area (Å²) in [6.45, 7) is -0.996. The van der Waals surface area contributed by atoms with Gasteiger partial charge in [-0.1, -0.05) is 11.6 Å². The molecule has 1 aromatic carbocycles. The third-order valence-corrected chi connectivity index (χ3v) is 3.72. The molecule has 1 atom stereocenters. The van der Waals surface area contributed by atoms with Gasteiger partial charge in [-0.2, -0.15) is 8.78 Å². The molecule has 0 saturated heterocycles. The van der Waals surface area contributed by atoms with Gasteiger partial charge in [0, 0.05) is 17.8 Å². The van der Waals surface area contributed by atoms with E-state index in [2.05, 4.69) is 15.0 Å². The third-order valence-electron chi connectivity index (χ3n) is 3.50. The fourth-order valence-corrected chi connectivity index (χ4v) is 2.32. The van der Waals surface area contributed by atoms with Crippen LogP contribution in [0.15, 0.2) is 46.5 Å². The van der Waals surface area contributed by atoms with Crippen LogP contribution in [-0.2, 0) is 11.5 Å². The highest BCUT2D eigenvalue weighted by Crippen LogP contribution is 2.46. The molecular formula is C16H13ClF4N4O. The molecule has 0 fully saturated rings. The summed E-state index contributed by atoms with van der Waals surface area (Å²) in [5, 5.41) is 10.8. The smallest absolute Gasteiger partial charge is 0.323 e. The highest BCUT2D eigenvalue weighted by molar-refractivity contribution is 6.30. The fraction of sp³-hybridized carbons (Fsp3) is 0.188. The van der Waals surface area contributed by atoms with E-state index >= 15 is 8.78 Å². The summed E-state index contributed by atoms with van der Waals surface area (Å²) in [4.78, 5) is 10.4. The first kappa shape index (κ1) is 19.8. The Morgan fingerprint density at radius 1 is 1.23 bits per heavy atom. The van der Waals surface area contributed by atoms with Crippen LogP contribution >= 0.6 is 11.6 Å². The van der Waals surface area contributed by atoms with Crippen LogP contribution in [0.25, 0.3) is 0 Å². The van der Waals surface area contributed by atoms with Crippen molar-refractivity contribution in [2.45, 2.75) is 11.5 Å². The summed E-state index contributed by atoms with van der Waals surface area (Å²) < 4.78 is 57.4. The van der Waals surface area contributed by atoms with Crippen molar-refractivity contribution >= 4 is 24.3 Å². The number of alkyl halides is 2. The predicted molar refractivity (Wildman–Crippen MR) is 89.4 cm³/mol. The van der Waals surface area contributed by atoms with E-state index in [1.807, 2.05) is 0 Å². The van der Waals surface area contributed by atoms with Crippen LogP contribution in [-0.4, -0.2) is 29.3 Å². The van der Waals surface area contributed by atoms with Crippen LogP contribution in [0.2, 0.25) is 5.02 Å². The van der Waals surface area contributed by atoms with Crippen LogP contribution in [0.3, 0.4) is 0 Å². The first-order chi connectivity index (χ1) is 12.2. The van der Waals surface area contributed by atoms with E-state index in [1.165, 1.54) is 0 Å². The summed E-state index contributed by atoms with van der Waals surface area (Å²) in [6, 6.07) is 3.87. The molecule has 0 saturated carbocycles. The van der Waals surface area contributed by atoms with Gasteiger partial charge in [0.1, 0.15) is 23.7 Å². The van der Waals surface area contributed by atoms with Crippen molar-refractivity contribution in [1.29, 1.82) is 0 Å². The zero-order valence-corrected chi connectivity index (χ0v) is 13.8. The normalized spacial score (nSPS) is 14.8. The van der Waals surface area contributed by atoms with Crippen LogP contribution in [0.5, 0.6) is 0 Å². The molecule has 0 radical (unpaired) electrons. The molecule has 1 heterocycles. The highest BCUT2D eigenvalue weighted by Gasteiger charge is 2.57. The SMILES string of the molecule is NC=NC=NCC(O)(c1ccc(F)cc1F)C(F)(F)c1ccc(Cl)cn1. The minimum Gasteiger partial charge on any atom is -0.390 e. The summed E-state index contributed by atoms with van der Waals surface area (Å²) >= 11 is 5.63. The van der Waals surface area contributed by atoms with Crippen molar-refractivity contribution in [3.8, 4) is 0 Å². The fourth-order valence-electron chi connectivity index (χ4n) is 2.21. The van der Waals surface area contributed by atoms with E-state index in [9.17, 15) is 13.9 Å². The van der Waals surface area contributed by atoms with Crippen LogP contribution in [0.1, 0.15) is 11.3 Å². The highest BCUT2D eigenvalue weighted by atomic mass is 35.5. The van der Waals surface area contributed by atoms with Gasteiger partial charge in [0.25, 0.3) is 0 Å². The molecule has 5 nitrogen and oxygen atoms in total. The maximum absolute atomic E-state index is 15.1. The topological polar surface area (TPSA) is 83.9 Å². The molecule has 0 spiro atoms. The van der Waals surface area contributed by atoms with Gasteiger partial charge in [-0.15, -0.1) is 0 Å². The second-order valence-corrected chi connectivity index (χ2v) is 5.61. The van der Waals surface area contributed by atoms with Gasteiger partial charge < -0.3 is 10.8 Å². The number of aromatic nitrogens is 1. The Balaban J connectivity index is 2.60. The lowest BCUT2D eigenvalue weighted by Gasteiger charge is -2.34. The number of hydrogen-bond donors (Lipinski definition) is 2. The zero-order chi connectivity index (χ0) is 19.4. The Morgan fingerprint density at radius 2 is 1.96 bits per heavy atom. The molecule has 2 rings (SSSR count). The molecule has 26 heavy (non-hydrogen) atoms.